The number of aromatic nitrogens is 1. The van der Waals surface area contributed by atoms with Crippen LogP contribution in [0.4, 0.5) is 15.2 Å². The van der Waals surface area contributed by atoms with Crippen molar-refractivity contribution in [3.8, 4) is 0 Å². The summed E-state index contributed by atoms with van der Waals surface area (Å²) in [5, 5.41) is 5.60. The number of anilines is 2. The molecule has 0 amide bonds. The Labute approximate surface area is 124 Å². The van der Waals surface area contributed by atoms with Gasteiger partial charge in [0.25, 0.3) is 0 Å². The first-order chi connectivity index (χ1) is 9.58. The predicted molar refractivity (Wildman–Crippen MR) is 77.1 cm³/mol. The van der Waals surface area contributed by atoms with Gasteiger partial charge in [-0.15, -0.1) is 11.3 Å². The second-order valence-corrected chi connectivity index (χ2v) is 5.14. The first-order valence-electron chi connectivity index (χ1n) is 5.90. The molecule has 7 heteroatoms. The first kappa shape index (κ1) is 14.7. The van der Waals surface area contributed by atoms with Gasteiger partial charge in [-0.1, -0.05) is 11.6 Å². The van der Waals surface area contributed by atoms with Crippen molar-refractivity contribution in [2.45, 2.75) is 13.3 Å². The maximum absolute atomic E-state index is 13.1. The van der Waals surface area contributed by atoms with Crippen LogP contribution in [0, 0.1) is 5.82 Å². The van der Waals surface area contributed by atoms with Gasteiger partial charge in [-0.2, -0.15) is 0 Å². The molecule has 0 bridgehead atoms. The number of thiazole rings is 1. The molecule has 2 aromatic rings. The van der Waals surface area contributed by atoms with Crippen molar-refractivity contribution >= 4 is 39.7 Å². The van der Waals surface area contributed by atoms with Gasteiger partial charge in [-0.3, -0.25) is 4.79 Å². The van der Waals surface area contributed by atoms with Crippen LogP contribution >= 0.6 is 22.9 Å². The van der Waals surface area contributed by atoms with Gasteiger partial charge >= 0.3 is 5.97 Å². The van der Waals surface area contributed by atoms with Crippen molar-refractivity contribution < 1.29 is 13.9 Å². The van der Waals surface area contributed by atoms with Crippen LogP contribution in [0.3, 0.4) is 0 Å². The minimum atomic E-state index is -0.389. The van der Waals surface area contributed by atoms with Crippen LogP contribution in [0.2, 0.25) is 5.02 Å². The van der Waals surface area contributed by atoms with E-state index < -0.39 is 0 Å². The Morgan fingerprint density at radius 2 is 2.35 bits per heavy atom. The molecule has 0 radical (unpaired) electrons. The van der Waals surface area contributed by atoms with Crippen LogP contribution < -0.4 is 5.32 Å². The van der Waals surface area contributed by atoms with Gasteiger partial charge in [0.2, 0.25) is 0 Å². The standard InChI is InChI=1S/C13H12ClFN2O2S/c1-2-19-12(18)6-9-7-20-13(16-9)17-11-5-8(15)3-4-10(11)14/h3-5,7H,2,6H2,1H3,(H,16,17). The van der Waals surface area contributed by atoms with E-state index >= 15 is 0 Å². The smallest absolute Gasteiger partial charge is 0.311 e. The van der Waals surface area contributed by atoms with Crippen molar-refractivity contribution in [1.82, 2.24) is 4.98 Å². The summed E-state index contributed by atoms with van der Waals surface area (Å²) in [6.07, 6.45) is 0.114. The Bertz CT molecular complexity index is 618. The quantitative estimate of drug-likeness (QED) is 0.853. The van der Waals surface area contributed by atoms with Crippen LogP contribution in [0.15, 0.2) is 23.6 Å². The van der Waals surface area contributed by atoms with E-state index in [0.717, 1.165) is 0 Å². The number of nitrogens with zero attached hydrogens (tertiary/aromatic N) is 1. The summed E-state index contributed by atoms with van der Waals surface area (Å²) in [6.45, 7) is 2.09. The molecule has 20 heavy (non-hydrogen) atoms. The lowest BCUT2D eigenvalue weighted by molar-refractivity contribution is -0.142. The number of hydrogen-bond acceptors (Lipinski definition) is 5. The van der Waals surface area contributed by atoms with Gasteiger partial charge in [-0.05, 0) is 25.1 Å². The molecule has 0 aliphatic carbocycles. The molecule has 1 aromatic heterocycles. The Kier molecular flexibility index (Phi) is 4.92. The summed E-state index contributed by atoms with van der Waals surface area (Å²) >= 11 is 7.26. The monoisotopic (exact) mass is 314 g/mol. The largest absolute Gasteiger partial charge is 0.466 e. The number of halogens is 2. The zero-order valence-electron chi connectivity index (χ0n) is 10.7. The Hall–Kier alpha value is -1.66. The van der Waals surface area contributed by atoms with E-state index in [0.29, 0.717) is 28.1 Å². The molecule has 0 unspecified atom stereocenters. The molecule has 0 fully saturated rings. The molecule has 4 nitrogen and oxygen atoms in total. The number of rotatable bonds is 5. The molecular formula is C13H12ClFN2O2S. The molecule has 0 saturated carbocycles. The van der Waals surface area contributed by atoms with Gasteiger partial charge in [0.1, 0.15) is 5.82 Å². The molecule has 1 aromatic carbocycles. The third kappa shape index (κ3) is 3.91. The second kappa shape index (κ2) is 6.67. The summed E-state index contributed by atoms with van der Waals surface area (Å²) in [5.74, 6) is -0.714. The van der Waals surface area contributed by atoms with Crippen molar-refractivity contribution in [2.24, 2.45) is 0 Å². The summed E-state index contributed by atoms with van der Waals surface area (Å²) < 4.78 is 18.0. The highest BCUT2D eigenvalue weighted by Gasteiger charge is 2.10. The van der Waals surface area contributed by atoms with Crippen molar-refractivity contribution in [3.63, 3.8) is 0 Å². The van der Waals surface area contributed by atoms with E-state index in [9.17, 15) is 9.18 Å². The minimum absolute atomic E-state index is 0.114. The highest BCUT2D eigenvalue weighted by molar-refractivity contribution is 7.13. The molecule has 0 spiro atoms. The number of ether oxygens (including phenoxy) is 1. The van der Waals surface area contributed by atoms with E-state index in [1.807, 2.05) is 0 Å². The molecule has 2 rings (SSSR count). The van der Waals surface area contributed by atoms with E-state index in [1.54, 1.807) is 12.3 Å². The topological polar surface area (TPSA) is 51.2 Å². The fourth-order valence-electron chi connectivity index (χ4n) is 1.51. The molecule has 0 saturated heterocycles. The van der Waals surface area contributed by atoms with E-state index in [4.69, 9.17) is 16.3 Å². The Balaban J connectivity index is 2.06. The highest BCUT2D eigenvalue weighted by atomic mass is 35.5. The molecule has 0 atom stereocenters. The van der Waals surface area contributed by atoms with Gasteiger partial charge in [0.05, 0.1) is 29.4 Å². The second-order valence-electron chi connectivity index (χ2n) is 3.87. The van der Waals surface area contributed by atoms with Crippen LogP contribution in [-0.4, -0.2) is 17.6 Å². The summed E-state index contributed by atoms with van der Waals surface area (Å²) in [7, 11) is 0. The zero-order valence-corrected chi connectivity index (χ0v) is 12.2. The lowest BCUT2D eigenvalue weighted by Crippen LogP contribution is -2.07. The van der Waals surface area contributed by atoms with Crippen LogP contribution in [0.5, 0.6) is 0 Å². The normalized spacial score (nSPS) is 10.3. The van der Waals surface area contributed by atoms with Crippen LogP contribution in [0.1, 0.15) is 12.6 Å². The van der Waals surface area contributed by atoms with Gasteiger partial charge < -0.3 is 10.1 Å². The van der Waals surface area contributed by atoms with Crippen molar-refractivity contribution in [3.05, 3.63) is 40.1 Å². The van der Waals surface area contributed by atoms with Crippen LogP contribution in [-0.2, 0) is 16.0 Å². The summed E-state index contributed by atoms with van der Waals surface area (Å²) in [5.41, 5.74) is 1.03. The number of benzene rings is 1. The average molecular weight is 315 g/mol. The molecule has 106 valence electrons. The minimum Gasteiger partial charge on any atom is -0.466 e. The molecular weight excluding hydrogens is 303 g/mol. The predicted octanol–water partition coefficient (Wildman–Crippen LogP) is 3.78. The number of esters is 1. The summed E-state index contributed by atoms with van der Waals surface area (Å²) in [4.78, 5) is 15.6. The first-order valence-corrected chi connectivity index (χ1v) is 7.16. The fraction of sp³-hybridized carbons (Fsp3) is 0.231. The number of hydrogen-bond donors (Lipinski definition) is 1. The van der Waals surface area contributed by atoms with E-state index in [2.05, 4.69) is 10.3 Å². The molecule has 1 heterocycles. The molecule has 1 N–H and O–H groups in total. The number of carbonyl (C=O) groups is 1. The third-order valence-electron chi connectivity index (χ3n) is 2.35. The Morgan fingerprint density at radius 3 is 3.10 bits per heavy atom. The SMILES string of the molecule is CCOC(=O)Cc1csc(Nc2cc(F)ccc2Cl)n1. The number of nitrogens with one attached hydrogen (secondary N) is 1. The van der Waals surface area contributed by atoms with Crippen molar-refractivity contribution in [2.75, 3.05) is 11.9 Å². The zero-order chi connectivity index (χ0) is 14.5. The molecule has 0 aliphatic heterocycles. The van der Waals surface area contributed by atoms with Crippen LogP contribution in [0.25, 0.3) is 0 Å². The summed E-state index contributed by atoms with van der Waals surface area (Å²) in [6, 6.07) is 4.03. The van der Waals surface area contributed by atoms with Gasteiger partial charge in [0.15, 0.2) is 5.13 Å². The maximum atomic E-state index is 13.1. The van der Waals surface area contributed by atoms with E-state index in [-0.39, 0.29) is 18.2 Å². The highest BCUT2D eigenvalue weighted by Crippen LogP contribution is 2.27. The van der Waals surface area contributed by atoms with E-state index in [1.165, 1.54) is 29.5 Å². The number of carbonyl (C=O) groups excluding carboxylic acids is 1. The maximum Gasteiger partial charge on any atom is 0.311 e. The Morgan fingerprint density at radius 1 is 1.55 bits per heavy atom. The van der Waals surface area contributed by atoms with Gasteiger partial charge in [0, 0.05) is 5.38 Å². The lowest BCUT2D eigenvalue weighted by atomic mass is 10.3. The lowest BCUT2D eigenvalue weighted by Gasteiger charge is -2.04. The molecule has 0 aliphatic rings. The van der Waals surface area contributed by atoms with Crippen molar-refractivity contribution in [1.29, 1.82) is 0 Å². The fourth-order valence-corrected chi connectivity index (χ4v) is 2.40. The average Bonchev–Trinajstić information content (AvgIpc) is 2.81. The third-order valence-corrected chi connectivity index (χ3v) is 3.49. The van der Waals surface area contributed by atoms with Gasteiger partial charge in [-0.25, -0.2) is 9.37 Å².